The van der Waals surface area contributed by atoms with Gasteiger partial charge in [0.15, 0.2) is 0 Å². The quantitative estimate of drug-likeness (QED) is 0.803. The van der Waals surface area contributed by atoms with Crippen molar-refractivity contribution in [3.8, 4) is 0 Å². The van der Waals surface area contributed by atoms with E-state index >= 15 is 0 Å². The van der Waals surface area contributed by atoms with Gasteiger partial charge in [0.25, 0.3) is 0 Å². The molecule has 0 spiro atoms. The minimum Gasteiger partial charge on any atom is -0.365 e. The van der Waals surface area contributed by atoms with Gasteiger partial charge in [-0.05, 0) is 33.6 Å². The van der Waals surface area contributed by atoms with Gasteiger partial charge in [-0.2, -0.15) is 0 Å². The first-order valence-electron chi connectivity index (χ1n) is 5.79. The third-order valence-electron chi connectivity index (χ3n) is 3.33. The van der Waals surface area contributed by atoms with Crippen LogP contribution in [0.5, 0.6) is 0 Å². The van der Waals surface area contributed by atoms with Gasteiger partial charge in [0.2, 0.25) is 0 Å². The van der Waals surface area contributed by atoms with E-state index in [-0.39, 0.29) is 5.54 Å². The summed E-state index contributed by atoms with van der Waals surface area (Å²) in [5.41, 5.74) is 1.12. The first-order valence-corrected chi connectivity index (χ1v) is 6.17. The van der Waals surface area contributed by atoms with Crippen molar-refractivity contribution >= 4 is 17.4 Å². The number of rotatable bonds is 2. The van der Waals surface area contributed by atoms with Crippen molar-refractivity contribution in [2.45, 2.75) is 52.0 Å². The summed E-state index contributed by atoms with van der Waals surface area (Å²) in [6.45, 7) is 6.08. The normalized spacial score (nSPS) is 18.8. The third kappa shape index (κ3) is 2.29. The van der Waals surface area contributed by atoms with Gasteiger partial charge in [0, 0.05) is 11.1 Å². The van der Waals surface area contributed by atoms with E-state index < -0.39 is 0 Å². The Hall–Kier alpha value is -0.830. The summed E-state index contributed by atoms with van der Waals surface area (Å²) < 4.78 is 0. The van der Waals surface area contributed by atoms with Gasteiger partial charge in [-0.3, -0.25) is 0 Å². The zero-order valence-corrected chi connectivity index (χ0v) is 10.9. The molecule has 0 aliphatic heterocycles. The number of anilines is 1. The maximum atomic E-state index is 6.06. The summed E-state index contributed by atoms with van der Waals surface area (Å²) in [7, 11) is 0. The number of nitrogens with zero attached hydrogens (tertiary/aromatic N) is 2. The molecule has 1 heterocycles. The van der Waals surface area contributed by atoms with Crippen LogP contribution in [-0.4, -0.2) is 15.5 Å². The van der Waals surface area contributed by atoms with Crippen molar-refractivity contribution in [1.29, 1.82) is 0 Å². The van der Waals surface area contributed by atoms with E-state index in [1.165, 1.54) is 25.7 Å². The van der Waals surface area contributed by atoms with Gasteiger partial charge < -0.3 is 5.32 Å². The maximum Gasteiger partial charge on any atom is 0.137 e. The Kier molecular flexibility index (Phi) is 3.06. The molecule has 0 saturated heterocycles. The van der Waals surface area contributed by atoms with Gasteiger partial charge in [-0.1, -0.05) is 24.4 Å². The molecule has 1 aromatic rings. The molecule has 1 fully saturated rings. The Morgan fingerprint density at radius 1 is 1.19 bits per heavy atom. The Morgan fingerprint density at radius 2 is 1.81 bits per heavy atom. The fourth-order valence-corrected chi connectivity index (χ4v) is 2.49. The lowest BCUT2D eigenvalue weighted by molar-refractivity contribution is 0.530. The van der Waals surface area contributed by atoms with E-state index in [2.05, 4.69) is 22.2 Å². The SMILES string of the molecule is Cc1nc(Cl)c(C)c(NC2(C)CCCC2)n1. The van der Waals surface area contributed by atoms with E-state index in [9.17, 15) is 0 Å². The monoisotopic (exact) mass is 239 g/mol. The molecule has 1 N–H and O–H groups in total. The van der Waals surface area contributed by atoms with Gasteiger partial charge in [-0.25, -0.2) is 9.97 Å². The second-order valence-corrected chi connectivity index (χ2v) is 5.29. The molecule has 1 aliphatic rings. The molecule has 0 radical (unpaired) electrons. The molecule has 16 heavy (non-hydrogen) atoms. The average Bonchev–Trinajstić information content (AvgIpc) is 2.61. The smallest absolute Gasteiger partial charge is 0.137 e. The number of aromatic nitrogens is 2. The Balaban J connectivity index is 2.27. The van der Waals surface area contributed by atoms with Crippen LogP contribution in [0.15, 0.2) is 0 Å². The summed E-state index contributed by atoms with van der Waals surface area (Å²) in [6, 6.07) is 0. The topological polar surface area (TPSA) is 37.8 Å². The van der Waals surface area contributed by atoms with Crippen molar-refractivity contribution in [1.82, 2.24) is 9.97 Å². The maximum absolute atomic E-state index is 6.06. The molecule has 4 heteroatoms. The summed E-state index contributed by atoms with van der Waals surface area (Å²) in [5.74, 6) is 1.61. The van der Waals surface area contributed by atoms with Crippen LogP contribution in [-0.2, 0) is 0 Å². The van der Waals surface area contributed by atoms with Gasteiger partial charge in [0.1, 0.15) is 16.8 Å². The predicted molar refractivity (Wildman–Crippen MR) is 67.0 cm³/mol. The molecule has 0 atom stereocenters. The Morgan fingerprint density at radius 3 is 2.44 bits per heavy atom. The lowest BCUT2D eigenvalue weighted by atomic mass is 10.0. The molecule has 0 amide bonds. The van der Waals surface area contributed by atoms with Crippen LogP contribution >= 0.6 is 11.6 Å². The van der Waals surface area contributed by atoms with Gasteiger partial charge in [0.05, 0.1) is 0 Å². The van der Waals surface area contributed by atoms with Gasteiger partial charge in [-0.15, -0.1) is 0 Å². The summed E-state index contributed by atoms with van der Waals surface area (Å²) in [5, 5.41) is 4.08. The molecule has 0 aromatic carbocycles. The van der Waals surface area contributed by atoms with Crippen LogP contribution in [0.1, 0.15) is 44.0 Å². The fraction of sp³-hybridized carbons (Fsp3) is 0.667. The zero-order valence-electron chi connectivity index (χ0n) is 10.1. The predicted octanol–water partition coefficient (Wildman–Crippen LogP) is 3.49. The molecule has 88 valence electrons. The second-order valence-electron chi connectivity index (χ2n) is 4.93. The van der Waals surface area contributed by atoms with Crippen LogP contribution in [0.3, 0.4) is 0 Å². The first kappa shape index (κ1) is 11.6. The van der Waals surface area contributed by atoms with E-state index in [1.807, 2.05) is 13.8 Å². The standard InChI is InChI=1S/C12H18ClN3/c1-8-10(13)14-9(2)15-11(8)16-12(3)6-4-5-7-12/h4-7H2,1-3H3,(H,14,15,16). The van der Waals surface area contributed by atoms with E-state index in [1.54, 1.807) is 0 Å². The molecule has 0 unspecified atom stereocenters. The Labute approximate surface area is 102 Å². The molecular formula is C12H18ClN3. The highest BCUT2D eigenvalue weighted by Crippen LogP contribution is 2.33. The molecule has 2 rings (SSSR count). The highest BCUT2D eigenvalue weighted by atomic mass is 35.5. The first-order chi connectivity index (χ1) is 7.50. The molecule has 1 saturated carbocycles. The fourth-order valence-electron chi connectivity index (χ4n) is 2.28. The number of nitrogens with one attached hydrogen (secondary N) is 1. The van der Waals surface area contributed by atoms with E-state index in [0.717, 1.165) is 17.2 Å². The van der Waals surface area contributed by atoms with Crippen molar-refractivity contribution in [3.05, 3.63) is 16.5 Å². The van der Waals surface area contributed by atoms with E-state index in [4.69, 9.17) is 11.6 Å². The molecule has 3 nitrogen and oxygen atoms in total. The number of aryl methyl sites for hydroxylation is 1. The van der Waals surface area contributed by atoms with Crippen molar-refractivity contribution in [2.75, 3.05) is 5.32 Å². The molecule has 1 aromatic heterocycles. The van der Waals surface area contributed by atoms with Gasteiger partial charge >= 0.3 is 0 Å². The van der Waals surface area contributed by atoms with Crippen LogP contribution in [0, 0.1) is 13.8 Å². The molecular weight excluding hydrogens is 222 g/mol. The van der Waals surface area contributed by atoms with E-state index in [0.29, 0.717) is 5.15 Å². The number of halogens is 1. The lowest BCUT2D eigenvalue weighted by Gasteiger charge is -2.27. The van der Waals surface area contributed by atoms with Crippen LogP contribution < -0.4 is 5.32 Å². The minimum atomic E-state index is 0.175. The zero-order chi connectivity index (χ0) is 11.8. The highest BCUT2D eigenvalue weighted by Gasteiger charge is 2.29. The van der Waals surface area contributed by atoms with Crippen molar-refractivity contribution in [2.24, 2.45) is 0 Å². The number of hydrogen-bond donors (Lipinski definition) is 1. The summed E-state index contributed by atoms with van der Waals surface area (Å²) in [4.78, 5) is 8.58. The molecule has 0 bridgehead atoms. The summed E-state index contributed by atoms with van der Waals surface area (Å²) in [6.07, 6.45) is 4.99. The summed E-state index contributed by atoms with van der Waals surface area (Å²) >= 11 is 6.06. The average molecular weight is 240 g/mol. The van der Waals surface area contributed by atoms with Crippen molar-refractivity contribution in [3.63, 3.8) is 0 Å². The van der Waals surface area contributed by atoms with Crippen LogP contribution in [0.4, 0.5) is 5.82 Å². The van der Waals surface area contributed by atoms with Crippen LogP contribution in [0.2, 0.25) is 5.15 Å². The third-order valence-corrected chi connectivity index (χ3v) is 3.69. The Bertz CT molecular complexity index is 397. The lowest BCUT2D eigenvalue weighted by Crippen LogP contribution is -2.31. The largest absolute Gasteiger partial charge is 0.365 e. The second kappa shape index (κ2) is 4.21. The number of hydrogen-bond acceptors (Lipinski definition) is 3. The molecule has 1 aliphatic carbocycles. The van der Waals surface area contributed by atoms with Crippen molar-refractivity contribution < 1.29 is 0 Å². The highest BCUT2D eigenvalue weighted by molar-refractivity contribution is 6.30. The van der Waals surface area contributed by atoms with Crippen LogP contribution in [0.25, 0.3) is 0 Å². The minimum absolute atomic E-state index is 0.175.